The largest absolute Gasteiger partial charge is 0.384 e. The molecular formula is C19H15N3. The van der Waals surface area contributed by atoms with Gasteiger partial charge in [0.1, 0.15) is 5.84 Å². The van der Waals surface area contributed by atoms with Crippen molar-refractivity contribution in [1.82, 2.24) is 4.57 Å². The fraction of sp³-hybridized carbons (Fsp3) is 0. The van der Waals surface area contributed by atoms with Gasteiger partial charge >= 0.3 is 0 Å². The van der Waals surface area contributed by atoms with Crippen molar-refractivity contribution in [3.05, 3.63) is 78.4 Å². The lowest BCUT2D eigenvalue weighted by Gasteiger charge is -2.08. The molecule has 3 nitrogen and oxygen atoms in total. The van der Waals surface area contributed by atoms with Gasteiger partial charge in [-0.25, -0.2) is 0 Å². The fourth-order valence-corrected chi connectivity index (χ4v) is 2.99. The Morgan fingerprint density at radius 2 is 1.23 bits per heavy atom. The highest BCUT2D eigenvalue weighted by molar-refractivity contribution is 6.09. The van der Waals surface area contributed by atoms with Crippen LogP contribution in [0.15, 0.2) is 72.8 Å². The molecule has 0 atom stereocenters. The van der Waals surface area contributed by atoms with Gasteiger partial charge in [0, 0.05) is 22.0 Å². The van der Waals surface area contributed by atoms with Crippen LogP contribution >= 0.6 is 0 Å². The predicted molar refractivity (Wildman–Crippen MR) is 91.8 cm³/mol. The Morgan fingerprint density at radius 1 is 0.727 bits per heavy atom. The summed E-state index contributed by atoms with van der Waals surface area (Å²) in [5.41, 5.74) is 9.71. The van der Waals surface area contributed by atoms with Gasteiger partial charge < -0.3 is 10.3 Å². The highest BCUT2D eigenvalue weighted by Gasteiger charge is 2.11. The molecule has 4 rings (SSSR count). The molecule has 0 fully saturated rings. The van der Waals surface area contributed by atoms with Crippen molar-refractivity contribution in [3.63, 3.8) is 0 Å². The number of nitrogen functional groups attached to an aromatic ring is 1. The van der Waals surface area contributed by atoms with Crippen molar-refractivity contribution in [2.24, 2.45) is 5.73 Å². The lowest BCUT2D eigenvalue weighted by atomic mass is 10.2. The molecule has 3 N–H and O–H groups in total. The van der Waals surface area contributed by atoms with E-state index in [-0.39, 0.29) is 5.84 Å². The van der Waals surface area contributed by atoms with Crippen LogP contribution in [0.2, 0.25) is 0 Å². The molecule has 0 aliphatic carbocycles. The molecule has 22 heavy (non-hydrogen) atoms. The van der Waals surface area contributed by atoms with E-state index in [9.17, 15) is 0 Å². The molecule has 0 spiro atoms. The molecule has 3 aromatic carbocycles. The topological polar surface area (TPSA) is 54.8 Å². The lowest BCUT2D eigenvalue weighted by Crippen LogP contribution is -2.10. The van der Waals surface area contributed by atoms with Crippen LogP contribution in [0, 0.1) is 5.41 Å². The maximum atomic E-state index is 7.51. The number of hydrogen-bond donors (Lipinski definition) is 2. The van der Waals surface area contributed by atoms with Crippen molar-refractivity contribution in [2.45, 2.75) is 0 Å². The summed E-state index contributed by atoms with van der Waals surface area (Å²) in [4.78, 5) is 0. The van der Waals surface area contributed by atoms with Gasteiger partial charge in [-0.15, -0.1) is 0 Å². The zero-order valence-electron chi connectivity index (χ0n) is 12.0. The summed E-state index contributed by atoms with van der Waals surface area (Å²) in [6, 6.07) is 24.6. The molecule has 106 valence electrons. The molecule has 0 bridgehead atoms. The van der Waals surface area contributed by atoms with Crippen LogP contribution in [0.4, 0.5) is 0 Å². The number of nitrogens with two attached hydrogens (primary N) is 1. The van der Waals surface area contributed by atoms with Gasteiger partial charge in [0.05, 0.1) is 11.0 Å². The minimum absolute atomic E-state index is 0.0915. The molecule has 0 saturated carbocycles. The normalized spacial score (nSPS) is 11.1. The van der Waals surface area contributed by atoms with Crippen molar-refractivity contribution >= 4 is 27.6 Å². The maximum absolute atomic E-state index is 7.51. The Morgan fingerprint density at radius 3 is 1.73 bits per heavy atom. The molecule has 0 aliphatic rings. The lowest BCUT2D eigenvalue weighted by molar-refractivity contribution is 1.18. The monoisotopic (exact) mass is 285 g/mol. The first-order chi connectivity index (χ1) is 10.8. The average Bonchev–Trinajstić information content (AvgIpc) is 2.89. The zero-order chi connectivity index (χ0) is 15.1. The first-order valence-electron chi connectivity index (χ1n) is 7.19. The number of aromatic nitrogens is 1. The second kappa shape index (κ2) is 4.74. The standard InChI is InChI=1S/C19H15N3/c20-19(21)13-9-11-14(12-10-13)22-17-7-3-1-5-15(17)16-6-2-4-8-18(16)22/h1-12H,(H3,20,21). The van der Waals surface area contributed by atoms with Gasteiger partial charge in [-0.05, 0) is 36.4 Å². The molecule has 0 unspecified atom stereocenters. The Kier molecular flexibility index (Phi) is 2.73. The van der Waals surface area contributed by atoms with Crippen molar-refractivity contribution in [3.8, 4) is 5.69 Å². The highest BCUT2D eigenvalue weighted by Crippen LogP contribution is 2.31. The summed E-state index contributed by atoms with van der Waals surface area (Å²) in [7, 11) is 0. The van der Waals surface area contributed by atoms with Crippen LogP contribution in [-0.4, -0.2) is 10.4 Å². The molecule has 0 saturated heterocycles. The second-order valence-corrected chi connectivity index (χ2v) is 5.33. The van der Waals surface area contributed by atoms with E-state index in [1.807, 2.05) is 24.3 Å². The molecule has 1 aromatic heterocycles. The maximum Gasteiger partial charge on any atom is 0.122 e. The number of para-hydroxylation sites is 2. The summed E-state index contributed by atoms with van der Waals surface area (Å²) in [6.45, 7) is 0. The first kappa shape index (κ1) is 12.7. The Balaban J connectivity index is 2.06. The first-order valence-corrected chi connectivity index (χ1v) is 7.19. The molecule has 0 radical (unpaired) electrons. The highest BCUT2D eigenvalue weighted by atomic mass is 15.0. The van der Waals surface area contributed by atoms with Crippen LogP contribution in [0.25, 0.3) is 27.5 Å². The Bertz CT molecular complexity index is 941. The molecule has 0 amide bonds. The van der Waals surface area contributed by atoms with Crippen molar-refractivity contribution < 1.29 is 0 Å². The van der Waals surface area contributed by atoms with Gasteiger partial charge in [0.2, 0.25) is 0 Å². The van der Waals surface area contributed by atoms with E-state index in [0.717, 1.165) is 11.3 Å². The number of nitrogens with zero attached hydrogens (tertiary/aromatic N) is 1. The Hall–Kier alpha value is -3.07. The van der Waals surface area contributed by atoms with Gasteiger partial charge in [-0.3, -0.25) is 5.41 Å². The average molecular weight is 285 g/mol. The minimum Gasteiger partial charge on any atom is -0.384 e. The van der Waals surface area contributed by atoms with E-state index in [1.165, 1.54) is 21.8 Å². The van der Waals surface area contributed by atoms with Gasteiger partial charge in [-0.2, -0.15) is 0 Å². The van der Waals surface area contributed by atoms with Crippen LogP contribution in [0.3, 0.4) is 0 Å². The van der Waals surface area contributed by atoms with Crippen molar-refractivity contribution in [2.75, 3.05) is 0 Å². The number of benzene rings is 3. The smallest absolute Gasteiger partial charge is 0.122 e. The quantitative estimate of drug-likeness (QED) is 0.423. The van der Waals surface area contributed by atoms with Crippen molar-refractivity contribution in [1.29, 1.82) is 5.41 Å². The van der Waals surface area contributed by atoms with E-state index >= 15 is 0 Å². The number of nitrogens with one attached hydrogen (secondary N) is 1. The van der Waals surface area contributed by atoms with E-state index < -0.39 is 0 Å². The Labute approximate surface area is 128 Å². The minimum atomic E-state index is 0.0915. The number of rotatable bonds is 2. The number of amidine groups is 1. The number of hydrogen-bond acceptors (Lipinski definition) is 1. The summed E-state index contributed by atoms with van der Waals surface area (Å²) in [6.07, 6.45) is 0. The van der Waals surface area contributed by atoms with E-state index in [2.05, 4.69) is 53.1 Å². The zero-order valence-corrected chi connectivity index (χ0v) is 12.0. The summed E-state index contributed by atoms with van der Waals surface area (Å²) in [5, 5.41) is 10.0. The SMILES string of the molecule is N=C(N)c1ccc(-n2c3ccccc3c3ccccc32)cc1. The second-order valence-electron chi connectivity index (χ2n) is 5.33. The summed E-state index contributed by atoms with van der Waals surface area (Å²) >= 11 is 0. The number of fused-ring (bicyclic) bond motifs is 3. The van der Waals surface area contributed by atoms with Crippen LogP contribution in [0.5, 0.6) is 0 Å². The molecular weight excluding hydrogens is 270 g/mol. The van der Waals surface area contributed by atoms with Crippen LogP contribution in [-0.2, 0) is 0 Å². The predicted octanol–water partition coefficient (Wildman–Crippen LogP) is 4.07. The van der Waals surface area contributed by atoms with Crippen LogP contribution in [0.1, 0.15) is 5.56 Å². The summed E-state index contributed by atoms with van der Waals surface area (Å²) < 4.78 is 2.24. The van der Waals surface area contributed by atoms with Gasteiger partial charge in [0.25, 0.3) is 0 Å². The van der Waals surface area contributed by atoms with Crippen LogP contribution < -0.4 is 5.73 Å². The van der Waals surface area contributed by atoms with E-state index in [4.69, 9.17) is 11.1 Å². The molecule has 1 heterocycles. The van der Waals surface area contributed by atoms with E-state index in [1.54, 1.807) is 0 Å². The fourth-order valence-electron chi connectivity index (χ4n) is 2.99. The summed E-state index contributed by atoms with van der Waals surface area (Å²) in [5.74, 6) is 0.0915. The third-order valence-corrected chi connectivity index (χ3v) is 4.02. The van der Waals surface area contributed by atoms with Gasteiger partial charge in [-0.1, -0.05) is 36.4 Å². The third-order valence-electron chi connectivity index (χ3n) is 4.02. The van der Waals surface area contributed by atoms with Gasteiger partial charge in [0.15, 0.2) is 0 Å². The third kappa shape index (κ3) is 1.79. The molecule has 0 aliphatic heterocycles. The van der Waals surface area contributed by atoms with E-state index in [0.29, 0.717) is 0 Å². The molecule has 4 aromatic rings. The molecule has 3 heteroatoms.